The summed E-state index contributed by atoms with van der Waals surface area (Å²) in [6, 6.07) is 2.03. The van der Waals surface area contributed by atoms with Crippen molar-refractivity contribution in [2.45, 2.75) is 38.0 Å². The van der Waals surface area contributed by atoms with Gasteiger partial charge in [-0.3, -0.25) is 4.79 Å². The average Bonchev–Trinajstić information content (AvgIpc) is 3.04. The van der Waals surface area contributed by atoms with Crippen LogP contribution in [-0.4, -0.2) is 23.5 Å². The summed E-state index contributed by atoms with van der Waals surface area (Å²) in [4.78, 5) is 14.0. The molecule has 1 aromatic heterocycles. The maximum Gasteiger partial charge on any atom is 0.166 e. The lowest BCUT2D eigenvalue weighted by atomic mass is 9.92. The first-order valence-corrected chi connectivity index (χ1v) is 6.84. The van der Waals surface area contributed by atoms with E-state index in [9.17, 15) is 4.79 Å². The van der Waals surface area contributed by atoms with Gasteiger partial charge in [0.2, 0.25) is 0 Å². The van der Waals surface area contributed by atoms with Crippen molar-refractivity contribution < 1.29 is 9.90 Å². The van der Waals surface area contributed by atoms with Crippen molar-refractivity contribution in [2.24, 2.45) is 0 Å². The number of aryl methyl sites for hydroxylation is 1. The number of fused-ring (bicyclic) bond motifs is 1. The molecule has 0 aliphatic heterocycles. The molecule has 102 valence electrons. The molecule has 2 N–H and O–H groups in total. The molecule has 0 saturated heterocycles. The second-order valence-corrected chi connectivity index (χ2v) is 4.97. The zero-order chi connectivity index (χ0) is 13.7. The molecule has 1 unspecified atom stereocenters. The maximum absolute atomic E-state index is 10.8. The summed E-state index contributed by atoms with van der Waals surface area (Å²) < 4.78 is 0. The standard InChI is InChI=1S/C15H17NO.CH4O/c17-10-13-9-14-12(6-7-15(14)16-13)8-11-4-2-1-3-5-11;1-2/h2,4-5,9-10,12,16H,1,3,6-8H2;2H,1H3. The Balaban J connectivity index is 0.000000637. The summed E-state index contributed by atoms with van der Waals surface area (Å²) in [5.41, 5.74) is 4.83. The van der Waals surface area contributed by atoms with E-state index in [-0.39, 0.29) is 0 Å². The summed E-state index contributed by atoms with van der Waals surface area (Å²) in [6.45, 7) is 0. The summed E-state index contributed by atoms with van der Waals surface area (Å²) >= 11 is 0. The molecule has 19 heavy (non-hydrogen) atoms. The number of hydrogen-bond acceptors (Lipinski definition) is 2. The number of carbonyl (C=O) groups excluding carboxylic acids is 1. The second kappa shape index (κ2) is 6.53. The van der Waals surface area contributed by atoms with Crippen molar-refractivity contribution >= 4 is 6.29 Å². The molecule has 0 spiro atoms. The predicted molar refractivity (Wildman–Crippen MR) is 76.5 cm³/mol. The van der Waals surface area contributed by atoms with Gasteiger partial charge in [-0.05, 0) is 49.7 Å². The highest BCUT2D eigenvalue weighted by atomic mass is 16.2. The molecule has 0 bridgehead atoms. The Labute approximate surface area is 114 Å². The van der Waals surface area contributed by atoms with Crippen molar-refractivity contribution in [3.8, 4) is 0 Å². The Morgan fingerprint density at radius 1 is 1.42 bits per heavy atom. The lowest BCUT2D eigenvalue weighted by molar-refractivity contribution is 0.111. The predicted octanol–water partition coefficient (Wildman–Crippen LogP) is 3.13. The number of carbonyl (C=O) groups is 1. The van der Waals surface area contributed by atoms with Crippen molar-refractivity contribution in [2.75, 3.05) is 7.11 Å². The van der Waals surface area contributed by atoms with Crippen molar-refractivity contribution in [1.82, 2.24) is 4.98 Å². The Morgan fingerprint density at radius 3 is 2.95 bits per heavy atom. The fourth-order valence-corrected chi connectivity index (χ4v) is 2.96. The molecule has 0 fully saturated rings. The molecule has 2 aliphatic rings. The van der Waals surface area contributed by atoms with Crippen molar-refractivity contribution in [1.29, 1.82) is 0 Å². The molecule has 0 saturated carbocycles. The van der Waals surface area contributed by atoms with Crippen LogP contribution in [0.2, 0.25) is 0 Å². The van der Waals surface area contributed by atoms with Gasteiger partial charge in [0.05, 0.1) is 5.69 Å². The van der Waals surface area contributed by atoms with Gasteiger partial charge in [0.1, 0.15) is 0 Å². The molecule has 1 heterocycles. The normalized spacial score (nSPS) is 20.3. The quantitative estimate of drug-likeness (QED) is 0.819. The number of aliphatic hydroxyl groups is 1. The van der Waals surface area contributed by atoms with Gasteiger partial charge in [-0.2, -0.15) is 0 Å². The van der Waals surface area contributed by atoms with E-state index in [0.717, 1.165) is 31.9 Å². The van der Waals surface area contributed by atoms with Gasteiger partial charge in [-0.1, -0.05) is 23.8 Å². The van der Waals surface area contributed by atoms with Crippen LogP contribution in [0.3, 0.4) is 0 Å². The van der Waals surface area contributed by atoms with Gasteiger partial charge in [-0.25, -0.2) is 0 Å². The number of H-pyrrole nitrogens is 1. The number of hydrogen-bond donors (Lipinski definition) is 2. The molecule has 0 aromatic carbocycles. The highest BCUT2D eigenvalue weighted by Gasteiger charge is 2.25. The first kappa shape index (κ1) is 13.8. The Kier molecular flexibility index (Phi) is 4.74. The zero-order valence-electron chi connectivity index (χ0n) is 11.4. The summed E-state index contributed by atoms with van der Waals surface area (Å²) in [5.74, 6) is 0.601. The molecule has 1 aromatic rings. The fraction of sp³-hybridized carbons (Fsp3) is 0.438. The van der Waals surface area contributed by atoms with E-state index in [1.807, 2.05) is 6.07 Å². The molecule has 2 aliphatic carbocycles. The maximum atomic E-state index is 10.8. The first-order chi connectivity index (χ1) is 9.36. The molecule has 3 rings (SSSR count). The summed E-state index contributed by atoms with van der Waals surface area (Å²) in [5, 5.41) is 7.00. The fourth-order valence-electron chi connectivity index (χ4n) is 2.96. The molecule has 3 heteroatoms. The van der Waals surface area contributed by atoms with Gasteiger partial charge >= 0.3 is 0 Å². The van der Waals surface area contributed by atoms with Crippen molar-refractivity contribution in [3.05, 3.63) is 46.8 Å². The van der Waals surface area contributed by atoms with Crippen LogP contribution in [0.5, 0.6) is 0 Å². The number of allylic oxidation sites excluding steroid dienone is 4. The SMILES string of the molecule is CO.O=Cc1cc2c([nH]1)CCC2CC1=CCCC=C1. The minimum Gasteiger partial charge on any atom is -0.400 e. The largest absolute Gasteiger partial charge is 0.400 e. The smallest absolute Gasteiger partial charge is 0.166 e. The Bertz CT molecular complexity index is 497. The van der Waals surface area contributed by atoms with Gasteiger partial charge in [0.25, 0.3) is 0 Å². The second-order valence-electron chi connectivity index (χ2n) is 4.97. The Morgan fingerprint density at radius 2 is 2.26 bits per heavy atom. The van der Waals surface area contributed by atoms with Crippen LogP contribution in [0.4, 0.5) is 0 Å². The molecular formula is C16H21NO2. The van der Waals surface area contributed by atoms with Crippen LogP contribution >= 0.6 is 0 Å². The zero-order valence-corrected chi connectivity index (χ0v) is 11.4. The summed E-state index contributed by atoms with van der Waals surface area (Å²) in [6.07, 6.45) is 13.6. The van der Waals surface area contributed by atoms with E-state index in [1.165, 1.54) is 36.1 Å². The van der Waals surface area contributed by atoms with E-state index in [1.54, 1.807) is 0 Å². The number of aromatic amines is 1. The topological polar surface area (TPSA) is 53.1 Å². The van der Waals surface area contributed by atoms with Crippen LogP contribution in [-0.2, 0) is 6.42 Å². The first-order valence-electron chi connectivity index (χ1n) is 6.84. The molecule has 1 atom stereocenters. The molecule has 0 amide bonds. The van der Waals surface area contributed by atoms with Gasteiger partial charge < -0.3 is 10.1 Å². The van der Waals surface area contributed by atoms with Crippen LogP contribution in [0.1, 0.15) is 53.3 Å². The third kappa shape index (κ3) is 3.04. The number of nitrogens with one attached hydrogen (secondary N) is 1. The third-order valence-corrected chi connectivity index (χ3v) is 3.82. The van der Waals surface area contributed by atoms with Gasteiger partial charge in [0, 0.05) is 12.8 Å². The van der Waals surface area contributed by atoms with Gasteiger partial charge in [-0.15, -0.1) is 0 Å². The van der Waals surface area contributed by atoms with E-state index < -0.39 is 0 Å². The minimum atomic E-state index is 0.601. The van der Waals surface area contributed by atoms with Crippen molar-refractivity contribution in [3.63, 3.8) is 0 Å². The van der Waals surface area contributed by atoms with Crippen LogP contribution < -0.4 is 0 Å². The highest BCUT2D eigenvalue weighted by molar-refractivity contribution is 5.73. The number of aliphatic hydroxyl groups excluding tert-OH is 1. The summed E-state index contributed by atoms with van der Waals surface area (Å²) in [7, 11) is 1.00. The van der Waals surface area contributed by atoms with Crippen LogP contribution in [0.15, 0.2) is 29.9 Å². The minimum absolute atomic E-state index is 0.601. The monoisotopic (exact) mass is 259 g/mol. The number of aldehydes is 1. The molecule has 0 radical (unpaired) electrons. The van der Waals surface area contributed by atoms with Crippen LogP contribution in [0.25, 0.3) is 0 Å². The average molecular weight is 259 g/mol. The molecular weight excluding hydrogens is 238 g/mol. The molecule has 3 nitrogen and oxygen atoms in total. The number of rotatable bonds is 3. The Hall–Kier alpha value is -1.61. The highest BCUT2D eigenvalue weighted by Crippen LogP contribution is 2.38. The van der Waals surface area contributed by atoms with E-state index in [4.69, 9.17) is 5.11 Å². The van der Waals surface area contributed by atoms with E-state index >= 15 is 0 Å². The van der Waals surface area contributed by atoms with E-state index in [0.29, 0.717) is 5.92 Å². The van der Waals surface area contributed by atoms with Gasteiger partial charge in [0.15, 0.2) is 6.29 Å². The number of aromatic nitrogens is 1. The lowest BCUT2D eigenvalue weighted by Crippen LogP contribution is -1.96. The third-order valence-electron chi connectivity index (χ3n) is 3.82. The van der Waals surface area contributed by atoms with Crippen LogP contribution in [0, 0.1) is 0 Å². The lowest BCUT2D eigenvalue weighted by Gasteiger charge is -2.13. The van der Waals surface area contributed by atoms with E-state index in [2.05, 4.69) is 23.2 Å².